The number of hydrogen-bond acceptors (Lipinski definition) is 2. The zero-order valence-corrected chi connectivity index (χ0v) is 6.86. The molecule has 0 saturated heterocycles. The summed E-state index contributed by atoms with van der Waals surface area (Å²) < 4.78 is 1.99. The molecule has 0 fully saturated rings. The van der Waals surface area contributed by atoms with Gasteiger partial charge < -0.3 is 9.51 Å². The minimum atomic E-state index is 0.0718. The normalized spacial score (nSPS) is 10.8. The maximum Gasteiger partial charge on any atom is 0.137 e. The van der Waals surface area contributed by atoms with Crippen LogP contribution < -0.4 is 0 Å². The van der Waals surface area contributed by atoms with E-state index in [0.29, 0.717) is 0 Å². The van der Waals surface area contributed by atoms with Crippen LogP contribution in [0.3, 0.4) is 0 Å². The van der Waals surface area contributed by atoms with Gasteiger partial charge in [-0.2, -0.15) is 0 Å². The monoisotopic (exact) mass is 162 g/mol. The van der Waals surface area contributed by atoms with E-state index >= 15 is 0 Å². The van der Waals surface area contributed by atoms with E-state index in [4.69, 9.17) is 5.11 Å². The van der Waals surface area contributed by atoms with Crippen LogP contribution in [0.2, 0.25) is 0 Å². The number of aliphatic hydroxyl groups is 1. The summed E-state index contributed by atoms with van der Waals surface area (Å²) >= 11 is 0. The first-order valence-electron chi connectivity index (χ1n) is 3.85. The van der Waals surface area contributed by atoms with Gasteiger partial charge in [-0.1, -0.05) is 0 Å². The Bertz CT molecular complexity index is 406. The molecule has 2 aromatic rings. The Morgan fingerprint density at radius 1 is 1.58 bits per heavy atom. The third-order valence-electron chi connectivity index (χ3n) is 1.95. The molecule has 1 N–H and O–H groups in total. The van der Waals surface area contributed by atoms with Crippen LogP contribution in [0.4, 0.5) is 0 Å². The van der Waals surface area contributed by atoms with Crippen molar-refractivity contribution in [2.45, 2.75) is 13.5 Å². The second-order valence-corrected chi connectivity index (χ2v) is 2.82. The fourth-order valence-corrected chi connectivity index (χ4v) is 1.25. The summed E-state index contributed by atoms with van der Waals surface area (Å²) in [4.78, 5) is 4.18. The van der Waals surface area contributed by atoms with Gasteiger partial charge in [-0.3, -0.25) is 0 Å². The Balaban J connectivity index is 2.69. The molecule has 2 rings (SSSR count). The van der Waals surface area contributed by atoms with Gasteiger partial charge in [0.15, 0.2) is 0 Å². The highest BCUT2D eigenvalue weighted by Crippen LogP contribution is 2.08. The maximum absolute atomic E-state index is 8.87. The lowest BCUT2D eigenvalue weighted by Gasteiger charge is -1.98. The van der Waals surface area contributed by atoms with E-state index in [1.165, 1.54) is 0 Å². The molecule has 0 bridgehead atoms. The van der Waals surface area contributed by atoms with Crippen LogP contribution in [0, 0.1) is 6.92 Å². The highest BCUT2D eigenvalue weighted by molar-refractivity contribution is 5.42. The largest absolute Gasteiger partial charge is 0.392 e. The van der Waals surface area contributed by atoms with Crippen molar-refractivity contribution in [3.8, 4) is 0 Å². The van der Waals surface area contributed by atoms with Crippen molar-refractivity contribution in [3.63, 3.8) is 0 Å². The zero-order valence-electron chi connectivity index (χ0n) is 6.86. The molecule has 0 spiro atoms. The summed E-state index contributed by atoms with van der Waals surface area (Å²) in [5.74, 6) is 0. The van der Waals surface area contributed by atoms with Crippen molar-refractivity contribution in [2.24, 2.45) is 0 Å². The van der Waals surface area contributed by atoms with Crippen molar-refractivity contribution in [1.29, 1.82) is 0 Å². The summed E-state index contributed by atoms with van der Waals surface area (Å²) in [7, 11) is 0. The molecule has 2 aromatic heterocycles. The number of hydrogen-bond donors (Lipinski definition) is 1. The summed E-state index contributed by atoms with van der Waals surface area (Å²) in [6.45, 7) is 2.07. The van der Waals surface area contributed by atoms with Gasteiger partial charge in [0, 0.05) is 18.1 Å². The molecule has 0 aliphatic rings. The van der Waals surface area contributed by atoms with Gasteiger partial charge in [0.25, 0.3) is 0 Å². The molecular weight excluding hydrogens is 152 g/mol. The third kappa shape index (κ3) is 0.987. The highest BCUT2D eigenvalue weighted by atomic mass is 16.3. The Labute approximate surface area is 70.3 Å². The Hall–Kier alpha value is -1.35. The maximum atomic E-state index is 8.87. The van der Waals surface area contributed by atoms with E-state index in [-0.39, 0.29) is 6.61 Å². The van der Waals surface area contributed by atoms with Crippen LogP contribution in [-0.4, -0.2) is 14.5 Å². The van der Waals surface area contributed by atoms with Gasteiger partial charge in [0.2, 0.25) is 0 Å². The van der Waals surface area contributed by atoms with Crippen molar-refractivity contribution in [3.05, 3.63) is 35.8 Å². The van der Waals surface area contributed by atoms with Crippen molar-refractivity contribution >= 4 is 5.65 Å². The van der Waals surface area contributed by atoms with Crippen LogP contribution >= 0.6 is 0 Å². The summed E-state index contributed by atoms with van der Waals surface area (Å²) in [6.07, 6.45) is 3.74. The quantitative estimate of drug-likeness (QED) is 0.682. The molecule has 0 aliphatic heterocycles. The van der Waals surface area contributed by atoms with Crippen LogP contribution in [0.25, 0.3) is 5.65 Å². The number of rotatable bonds is 1. The first-order chi connectivity index (χ1) is 5.81. The summed E-state index contributed by atoms with van der Waals surface area (Å²) in [5.41, 5.74) is 2.89. The van der Waals surface area contributed by atoms with E-state index in [9.17, 15) is 0 Å². The third-order valence-corrected chi connectivity index (χ3v) is 1.95. The molecule has 0 aromatic carbocycles. The number of pyridine rings is 1. The van der Waals surface area contributed by atoms with Crippen molar-refractivity contribution in [1.82, 2.24) is 9.38 Å². The molecule has 0 amide bonds. The van der Waals surface area contributed by atoms with E-state index in [0.717, 1.165) is 16.9 Å². The van der Waals surface area contributed by atoms with Gasteiger partial charge in [0.05, 0.1) is 6.61 Å². The Morgan fingerprint density at radius 3 is 3.17 bits per heavy atom. The van der Waals surface area contributed by atoms with Crippen LogP contribution in [0.15, 0.2) is 24.5 Å². The average Bonchev–Trinajstić information content (AvgIpc) is 2.47. The van der Waals surface area contributed by atoms with E-state index in [1.807, 2.05) is 35.9 Å². The fourth-order valence-electron chi connectivity index (χ4n) is 1.25. The average molecular weight is 162 g/mol. The number of aromatic nitrogens is 2. The van der Waals surface area contributed by atoms with Gasteiger partial charge in [0.1, 0.15) is 5.65 Å². The van der Waals surface area contributed by atoms with Gasteiger partial charge in [-0.25, -0.2) is 4.98 Å². The predicted octanol–water partition coefficient (Wildman–Crippen LogP) is 1.14. The molecule has 3 nitrogen and oxygen atoms in total. The molecule has 0 aliphatic carbocycles. The molecule has 12 heavy (non-hydrogen) atoms. The lowest BCUT2D eigenvalue weighted by atomic mass is 10.3. The number of imidazole rings is 1. The Kier molecular flexibility index (Phi) is 1.59. The predicted molar refractivity (Wildman–Crippen MR) is 45.9 cm³/mol. The SMILES string of the molecule is Cc1cnc2cc(CO)ccn12. The van der Waals surface area contributed by atoms with Gasteiger partial charge in [-0.05, 0) is 24.6 Å². The summed E-state index contributed by atoms with van der Waals surface area (Å²) in [5, 5.41) is 8.87. The lowest BCUT2D eigenvalue weighted by molar-refractivity contribution is 0.282. The molecule has 0 saturated carbocycles. The second kappa shape index (κ2) is 2.60. The lowest BCUT2D eigenvalue weighted by Crippen LogP contribution is -1.89. The smallest absolute Gasteiger partial charge is 0.137 e. The van der Waals surface area contributed by atoms with Crippen LogP contribution in [0.1, 0.15) is 11.3 Å². The molecule has 3 heteroatoms. The fraction of sp³-hybridized carbons (Fsp3) is 0.222. The number of fused-ring (bicyclic) bond motifs is 1. The van der Waals surface area contributed by atoms with Crippen LogP contribution in [0.5, 0.6) is 0 Å². The first kappa shape index (κ1) is 7.31. The molecule has 0 unspecified atom stereocenters. The highest BCUT2D eigenvalue weighted by Gasteiger charge is 1.98. The topological polar surface area (TPSA) is 37.5 Å². The molecule has 0 atom stereocenters. The van der Waals surface area contributed by atoms with Gasteiger partial charge >= 0.3 is 0 Å². The minimum Gasteiger partial charge on any atom is -0.392 e. The van der Waals surface area contributed by atoms with E-state index < -0.39 is 0 Å². The van der Waals surface area contributed by atoms with E-state index in [2.05, 4.69) is 4.98 Å². The second-order valence-electron chi connectivity index (χ2n) is 2.82. The molecule has 0 radical (unpaired) electrons. The van der Waals surface area contributed by atoms with Gasteiger partial charge in [-0.15, -0.1) is 0 Å². The number of nitrogens with zero attached hydrogens (tertiary/aromatic N) is 2. The number of aliphatic hydroxyl groups excluding tert-OH is 1. The first-order valence-corrected chi connectivity index (χ1v) is 3.85. The standard InChI is InChI=1S/C9H10N2O/c1-7-5-10-9-4-8(6-12)2-3-11(7)9/h2-5,12H,6H2,1H3. The molecule has 62 valence electrons. The molecular formula is C9H10N2O. The number of aryl methyl sites for hydroxylation is 1. The van der Waals surface area contributed by atoms with E-state index in [1.54, 1.807) is 0 Å². The van der Waals surface area contributed by atoms with Crippen molar-refractivity contribution in [2.75, 3.05) is 0 Å². The van der Waals surface area contributed by atoms with Crippen molar-refractivity contribution < 1.29 is 5.11 Å². The molecule has 2 heterocycles. The summed E-state index contributed by atoms with van der Waals surface area (Å²) in [6, 6.07) is 3.77. The minimum absolute atomic E-state index is 0.0718. The zero-order chi connectivity index (χ0) is 8.55. The van der Waals surface area contributed by atoms with Crippen LogP contribution in [-0.2, 0) is 6.61 Å². The Morgan fingerprint density at radius 2 is 2.42 bits per heavy atom.